The number of nitrogens with zero attached hydrogens (tertiary/aromatic N) is 2. The third-order valence-electron chi connectivity index (χ3n) is 5.45. The first-order valence-corrected chi connectivity index (χ1v) is 8.77. The zero-order valence-corrected chi connectivity index (χ0v) is 13.8. The molecule has 124 valence electrons. The molecular formula is C18H25N3O2. The van der Waals surface area contributed by atoms with Crippen LogP contribution in [0.4, 0.5) is 11.4 Å². The number of rotatable bonds is 1. The van der Waals surface area contributed by atoms with E-state index >= 15 is 0 Å². The summed E-state index contributed by atoms with van der Waals surface area (Å²) in [4.78, 5) is 17.1. The van der Waals surface area contributed by atoms with Gasteiger partial charge >= 0.3 is 0 Å². The number of amides is 1. The van der Waals surface area contributed by atoms with E-state index in [1.165, 1.54) is 12.1 Å². The van der Waals surface area contributed by atoms with Gasteiger partial charge in [-0.3, -0.25) is 4.79 Å². The van der Waals surface area contributed by atoms with Crippen LogP contribution in [0.25, 0.3) is 0 Å². The molecule has 4 rings (SSSR count). The molecular weight excluding hydrogens is 290 g/mol. The molecule has 5 nitrogen and oxygen atoms in total. The molecule has 2 heterocycles. The number of carbonyl (C=O) groups is 1. The summed E-state index contributed by atoms with van der Waals surface area (Å²) in [6, 6.07) is 6.28. The highest BCUT2D eigenvalue weighted by molar-refractivity contribution is 6.03. The van der Waals surface area contributed by atoms with E-state index in [4.69, 9.17) is 4.74 Å². The summed E-state index contributed by atoms with van der Waals surface area (Å²) in [6.45, 7) is 4.01. The van der Waals surface area contributed by atoms with Crippen LogP contribution < -0.4 is 19.9 Å². The first-order chi connectivity index (χ1) is 11.2. The minimum absolute atomic E-state index is 0.127. The molecule has 1 aliphatic carbocycles. The number of ether oxygens (including phenoxy) is 1. The maximum Gasteiger partial charge on any atom is 0.271 e. The number of likely N-dealkylation sites (N-methyl/N-ethyl adjacent to an activating group) is 1. The highest BCUT2D eigenvalue weighted by Gasteiger charge is 2.47. The summed E-state index contributed by atoms with van der Waals surface area (Å²) >= 11 is 0. The van der Waals surface area contributed by atoms with Gasteiger partial charge in [-0.05, 0) is 43.9 Å². The van der Waals surface area contributed by atoms with Crippen molar-refractivity contribution >= 4 is 17.3 Å². The fourth-order valence-electron chi connectivity index (χ4n) is 4.08. The van der Waals surface area contributed by atoms with Crippen molar-refractivity contribution in [2.75, 3.05) is 43.0 Å². The number of hydrogen-bond acceptors (Lipinski definition) is 4. The van der Waals surface area contributed by atoms with Crippen LogP contribution in [0.2, 0.25) is 0 Å². The van der Waals surface area contributed by atoms with Crippen molar-refractivity contribution in [2.24, 2.45) is 0 Å². The predicted molar refractivity (Wildman–Crippen MR) is 91.4 cm³/mol. The lowest BCUT2D eigenvalue weighted by molar-refractivity contribution is -0.138. The highest BCUT2D eigenvalue weighted by Crippen LogP contribution is 2.44. The van der Waals surface area contributed by atoms with E-state index in [0.717, 1.165) is 63.3 Å². The molecule has 1 aromatic rings. The number of fused-ring (bicyclic) bond motifs is 1. The maximum absolute atomic E-state index is 12.9. The first-order valence-electron chi connectivity index (χ1n) is 8.77. The fourth-order valence-corrected chi connectivity index (χ4v) is 4.08. The molecule has 0 atom stereocenters. The minimum Gasteiger partial charge on any atom is -0.475 e. The van der Waals surface area contributed by atoms with Crippen LogP contribution in [0.3, 0.4) is 0 Å². The number of piperazine rings is 1. The SMILES string of the molecule is CN1C(=O)C2(CCCCC2)Oc2ccc(N3CCNCC3)cc21. The van der Waals surface area contributed by atoms with E-state index in [0.29, 0.717) is 0 Å². The predicted octanol–water partition coefficient (Wildman–Crippen LogP) is 2.15. The van der Waals surface area contributed by atoms with Crippen LogP contribution in [-0.4, -0.2) is 44.7 Å². The Balaban J connectivity index is 1.66. The third kappa shape index (κ3) is 2.47. The molecule has 1 aromatic carbocycles. The molecule has 1 saturated heterocycles. The molecule has 0 unspecified atom stereocenters. The van der Waals surface area contributed by atoms with Gasteiger partial charge < -0.3 is 19.9 Å². The largest absolute Gasteiger partial charge is 0.475 e. The smallest absolute Gasteiger partial charge is 0.271 e. The quantitative estimate of drug-likeness (QED) is 0.862. The summed E-state index contributed by atoms with van der Waals surface area (Å²) in [5.74, 6) is 0.982. The van der Waals surface area contributed by atoms with Crippen molar-refractivity contribution in [2.45, 2.75) is 37.7 Å². The van der Waals surface area contributed by atoms with Crippen LogP contribution in [0, 0.1) is 0 Å². The average molecular weight is 315 g/mol. The van der Waals surface area contributed by atoms with Crippen molar-refractivity contribution in [3.05, 3.63) is 18.2 Å². The zero-order valence-electron chi connectivity index (χ0n) is 13.8. The molecule has 2 fully saturated rings. The highest BCUT2D eigenvalue weighted by atomic mass is 16.5. The van der Waals surface area contributed by atoms with Gasteiger partial charge in [-0.2, -0.15) is 0 Å². The molecule has 23 heavy (non-hydrogen) atoms. The van der Waals surface area contributed by atoms with Gasteiger partial charge in [-0.1, -0.05) is 6.42 Å². The first kappa shape index (κ1) is 14.8. The van der Waals surface area contributed by atoms with Crippen molar-refractivity contribution < 1.29 is 9.53 Å². The van der Waals surface area contributed by atoms with Gasteiger partial charge in [0.25, 0.3) is 5.91 Å². The molecule has 1 amide bonds. The van der Waals surface area contributed by atoms with Gasteiger partial charge in [-0.15, -0.1) is 0 Å². The molecule has 0 radical (unpaired) electrons. The van der Waals surface area contributed by atoms with E-state index in [1.54, 1.807) is 0 Å². The molecule has 1 N–H and O–H groups in total. The standard InChI is InChI=1S/C18H25N3O2/c1-20-15-13-14(21-11-9-19-10-12-21)5-6-16(15)23-18(17(20)22)7-3-2-4-8-18/h5-6,13,19H,2-4,7-12H2,1H3. The van der Waals surface area contributed by atoms with Crippen LogP contribution in [0.5, 0.6) is 5.75 Å². The zero-order chi connectivity index (χ0) is 15.9. The second-order valence-corrected chi connectivity index (χ2v) is 6.91. The fraction of sp³-hybridized carbons (Fsp3) is 0.611. The Labute approximate surface area is 137 Å². The summed E-state index contributed by atoms with van der Waals surface area (Å²) < 4.78 is 6.26. The second kappa shape index (κ2) is 5.71. The normalized spacial score (nSPS) is 23.6. The van der Waals surface area contributed by atoms with Gasteiger partial charge in [0.15, 0.2) is 5.60 Å². The van der Waals surface area contributed by atoms with Crippen molar-refractivity contribution in [3.8, 4) is 5.75 Å². The molecule has 1 spiro atoms. The van der Waals surface area contributed by atoms with Crippen LogP contribution in [-0.2, 0) is 4.79 Å². The molecule has 0 aromatic heterocycles. The number of nitrogens with one attached hydrogen (secondary N) is 1. The van der Waals surface area contributed by atoms with E-state index in [9.17, 15) is 4.79 Å². The van der Waals surface area contributed by atoms with E-state index < -0.39 is 5.60 Å². The molecule has 1 saturated carbocycles. The molecule has 2 aliphatic heterocycles. The topological polar surface area (TPSA) is 44.8 Å². The van der Waals surface area contributed by atoms with Crippen LogP contribution in [0.1, 0.15) is 32.1 Å². The van der Waals surface area contributed by atoms with Crippen molar-refractivity contribution in [1.29, 1.82) is 0 Å². The number of anilines is 2. The number of carbonyl (C=O) groups excluding carboxylic acids is 1. The van der Waals surface area contributed by atoms with E-state index in [-0.39, 0.29) is 5.91 Å². The van der Waals surface area contributed by atoms with E-state index in [1.807, 2.05) is 18.0 Å². The lowest BCUT2D eigenvalue weighted by atomic mass is 9.82. The van der Waals surface area contributed by atoms with Gasteiger partial charge in [0, 0.05) is 38.9 Å². The van der Waals surface area contributed by atoms with Gasteiger partial charge in [0.2, 0.25) is 0 Å². The Kier molecular flexibility index (Phi) is 3.68. The number of hydrogen-bond donors (Lipinski definition) is 1. The summed E-state index contributed by atoms with van der Waals surface area (Å²) in [6.07, 6.45) is 5.04. The van der Waals surface area contributed by atoms with Crippen LogP contribution in [0.15, 0.2) is 18.2 Å². The van der Waals surface area contributed by atoms with E-state index in [2.05, 4.69) is 22.3 Å². The summed E-state index contributed by atoms with van der Waals surface area (Å²) in [7, 11) is 1.89. The van der Waals surface area contributed by atoms with Crippen molar-refractivity contribution in [3.63, 3.8) is 0 Å². The minimum atomic E-state index is -0.615. The Bertz CT molecular complexity index is 604. The molecule has 5 heteroatoms. The van der Waals surface area contributed by atoms with Crippen LogP contribution >= 0.6 is 0 Å². The average Bonchev–Trinajstić information content (AvgIpc) is 2.61. The molecule has 0 bridgehead atoms. The Morgan fingerprint density at radius 1 is 1.13 bits per heavy atom. The Morgan fingerprint density at radius 2 is 1.87 bits per heavy atom. The lowest BCUT2D eigenvalue weighted by Gasteiger charge is -2.43. The van der Waals surface area contributed by atoms with Gasteiger partial charge in [0.05, 0.1) is 5.69 Å². The number of benzene rings is 1. The Morgan fingerprint density at radius 3 is 2.61 bits per heavy atom. The monoisotopic (exact) mass is 315 g/mol. The molecule has 3 aliphatic rings. The Hall–Kier alpha value is -1.75. The summed E-state index contributed by atoms with van der Waals surface area (Å²) in [5.41, 5.74) is 1.46. The van der Waals surface area contributed by atoms with Gasteiger partial charge in [-0.25, -0.2) is 0 Å². The second-order valence-electron chi connectivity index (χ2n) is 6.91. The third-order valence-corrected chi connectivity index (χ3v) is 5.45. The maximum atomic E-state index is 12.9. The summed E-state index contributed by atoms with van der Waals surface area (Å²) in [5, 5.41) is 3.37. The van der Waals surface area contributed by atoms with Crippen molar-refractivity contribution in [1.82, 2.24) is 5.32 Å². The lowest BCUT2D eigenvalue weighted by Crippen LogP contribution is -2.56. The van der Waals surface area contributed by atoms with Gasteiger partial charge in [0.1, 0.15) is 5.75 Å².